The van der Waals surface area contributed by atoms with Gasteiger partial charge in [0.15, 0.2) is 12.3 Å². The number of rotatable bonds is 4. The Hall–Kier alpha value is -2.90. The van der Waals surface area contributed by atoms with Gasteiger partial charge in [-0.3, -0.25) is 19.3 Å². The van der Waals surface area contributed by atoms with E-state index in [-0.39, 0.29) is 18.4 Å². The largest absolute Gasteiger partial charge is 0.482 e. The van der Waals surface area contributed by atoms with Crippen molar-refractivity contribution in [2.75, 3.05) is 26.2 Å². The van der Waals surface area contributed by atoms with Crippen LogP contribution in [0.1, 0.15) is 29.0 Å². The van der Waals surface area contributed by atoms with Crippen molar-refractivity contribution < 1.29 is 14.3 Å². The van der Waals surface area contributed by atoms with E-state index in [9.17, 15) is 9.59 Å². The number of likely N-dealkylation sites (tertiary alicyclic amines) is 1. The summed E-state index contributed by atoms with van der Waals surface area (Å²) < 4.78 is 7.31. The van der Waals surface area contributed by atoms with Crippen LogP contribution >= 0.6 is 0 Å². The molecule has 2 aliphatic rings. The van der Waals surface area contributed by atoms with Crippen LogP contribution in [0.25, 0.3) is 0 Å². The minimum Gasteiger partial charge on any atom is -0.482 e. The van der Waals surface area contributed by atoms with Gasteiger partial charge in [0, 0.05) is 25.8 Å². The Morgan fingerprint density at radius 1 is 1.12 bits per heavy atom. The van der Waals surface area contributed by atoms with E-state index in [1.807, 2.05) is 15.6 Å². The number of ether oxygens (including phenoxy) is 1. The second-order valence-corrected chi connectivity index (χ2v) is 6.54. The molecule has 0 N–H and O–H groups in total. The first-order valence-electron chi connectivity index (χ1n) is 8.87. The van der Waals surface area contributed by atoms with Crippen LogP contribution in [0.2, 0.25) is 0 Å². The van der Waals surface area contributed by atoms with E-state index in [2.05, 4.69) is 10.1 Å². The predicted octanol–water partition coefficient (Wildman–Crippen LogP) is 0.935. The summed E-state index contributed by atoms with van der Waals surface area (Å²) >= 11 is 0. The number of hydrogen-bond donors (Lipinski definition) is 0. The topological polar surface area (TPSA) is 80.6 Å². The molecule has 4 heterocycles. The molecule has 0 bridgehead atoms. The lowest BCUT2D eigenvalue weighted by Crippen LogP contribution is -2.40. The fraction of sp³-hybridized carbons (Fsp3) is 0.444. The lowest BCUT2D eigenvalue weighted by Gasteiger charge is -2.27. The predicted molar refractivity (Wildman–Crippen MR) is 92.5 cm³/mol. The molecule has 0 spiro atoms. The maximum atomic E-state index is 12.5. The van der Waals surface area contributed by atoms with Gasteiger partial charge in [0.25, 0.3) is 11.8 Å². The number of aromatic nitrogens is 3. The number of fused-ring (bicyclic) bond motifs is 1. The van der Waals surface area contributed by atoms with Crippen molar-refractivity contribution in [1.29, 1.82) is 0 Å². The first-order valence-corrected chi connectivity index (χ1v) is 8.87. The summed E-state index contributed by atoms with van der Waals surface area (Å²) in [6.45, 7) is 3.16. The Morgan fingerprint density at radius 2 is 1.96 bits per heavy atom. The molecule has 4 rings (SSSR count). The summed E-state index contributed by atoms with van der Waals surface area (Å²) in [5.74, 6) is 0.470. The van der Waals surface area contributed by atoms with E-state index < -0.39 is 0 Å². The van der Waals surface area contributed by atoms with Crippen LogP contribution in [0, 0.1) is 0 Å². The second kappa shape index (κ2) is 7.15. The van der Waals surface area contributed by atoms with Crippen molar-refractivity contribution in [3.05, 3.63) is 42.0 Å². The molecule has 2 amide bonds. The SMILES string of the molecule is O=C(COc1cccnc1)N1CCn2nc(C(=O)N3CCCC3)cc2C1. The highest BCUT2D eigenvalue weighted by atomic mass is 16.5. The standard InChI is InChI=1S/C18H21N5O3/c24-17(13-26-15-4-3-5-19-11-15)22-8-9-23-14(12-22)10-16(20-23)18(25)21-6-1-2-7-21/h3-5,10-11H,1-2,6-9,12-13H2. The molecule has 1 saturated heterocycles. The Balaban J connectivity index is 1.38. The third-order valence-electron chi connectivity index (χ3n) is 4.76. The molecule has 0 radical (unpaired) electrons. The van der Waals surface area contributed by atoms with E-state index in [0.717, 1.165) is 31.6 Å². The third-order valence-corrected chi connectivity index (χ3v) is 4.76. The van der Waals surface area contributed by atoms with Crippen LogP contribution in [-0.4, -0.2) is 62.6 Å². The molecule has 2 aliphatic heterocycles. The molecule has 0 saturated carbocycles. The maximum Gasteiger partial charge on any atom is 0.274 e. The van der Waals surface area contributed by atoms with Crippen molar-refractivity contribution in [2.45, 2.75) is 25.9 Å². The van der Waals surface area contributed by atoms with Gasteiger partial charge in [-0.2, -0.15) is 5.10 Å². The molecule has 2 aromatic rings. The molecule has 0 atom stereocenters. The summed E-state index contributed by atoms with van der Waals surface area (Å²) in [4.78, 5) is 32.4. The number of hydrogen-bond acceptors (Lipinski definition) is 5. The first-order chi connectivity index (χ1) is 12.7. The van der Waals surface area contributed by atoms with Gasteiger partial charge in [-0.25, -0.2) is 0 Å². The fourth-order valence-corrected chi connectivity index (χ4v) is 3.33. The van der Waals surface area contributed by atoms with Crippen molar-refractivity contribution in [2.24, 2.45) is 0 Å². The lowest BCUT2D eigenvalue weighted by molar-refractivity contribution is -0.134. The molecule has 2 aromatic heterocycles. The molecule has 0 aromatic carbocycles. The zero-order chi connectivity index (χ0) is 17.9. The second-order valence-electron chi connectivity index (χ2n) is 6.54. The van der Waals surface area contributed by atoms with Crippen LogP contribution in [0.5, 0.6) is 5.75 Å². The van der Waals surface area contributed by atoms with Gasteiger partial charge in [0.2, 0.25) is 0 Å². The smallest absolute Gasteiger partial charge is 0.274 e. The Labute approximate surface area is 151 Å². The third kappa shape index (κ3) is 3.40. The lowest BCUT2D eigenvalue weighted by atomic mass is 10.2. The molecule has 8 nitrogen and oxygen atoms in total. The van der Waals surface area contributed by atoms with Gasteiger partial charge in [-0.15, -0.1) is 0 Å². The van der Waals surface area contributed by atoms with E-state index in [1.165, 1.54) is 0 Å². The number of amides is 2. The number of nitrogens with zero attached hydrogens (tertiary/aromatic N) is 5. The first kappa shape index (κ1) is 16.6. The molecule has 8 heteroatoms. The normalized spacial score (nSPS) is 16.5. The maximum absolute atomic E-state index is 12.5. The average molecular weight is 355 g/mol. The Kier molecular flexibility index (Phi) is 4.55. The molecule has 136 valence electrons. The van der Waals surface area contributed by atoms with Gasteiger partial charge < -0.3 is 14.5 Å². The van der Waals surface area contributed by atoms with Crippen molar-refractivity contribution in [3.63, 3.8) is 0 Å². The van der Waals surface area contributed by atoms with Gasteiger partial charge >= 0.3 is 0 Å². The summed E-state index contributed by atoms with van der Waals surface area (Å²) in [5, 5.41) is 4.43. The van der Waals surface area contributed by atoms with Gasteiger partial charge in [-0.1, -0.05) is 0 Å². The molecule has 0 unspecified atom stereocenters. The van der Waals surface area contributed by atoms with Crippen molar-refractivity contribution >= 4 is 11.8 Å². The molecule has 26 heavy (non-hydrogen) atoms. The highest BCUT2D eigenvalue weighted by molar-refractivity contribution is 5.92. The summed E-state index contributed by atoms with van der Waals surface area (Å²) in [6.07, 6.45) is 5.34. The zero-order valence-electron chi connectivity index (χ0n) is 14.5. The van der Waals surface area contributed by atoms with Crippen molar-refractivity contribution in [3.8, 4) is 5.75 Å². The average Bonchev–Trinajstić information content (AvgIpc) is 3.35. The summed E-state index contributed by atoms with van der Waals surface area (Å²) in [5.41, 5.74) is 1.36. The fourth-order valence-electron chi connectivity index (χ4n) is 3.33. The van der Waals surface area contributed by atoms with E-state index in [1.54, 1.807) is 29.4 Å². The Bertz CT molecular complexity index is 798. The quantitative estimate of drug-likeness (QED) is 0.815. The van der Waals surface area contributed by atoms with Crippen LogP contribution in [0.15, 0.2) is 30.6 Å². The summed E-state index contributed by atoms with van der Waals surface area (Å²) in [6, 6.07) is 5.34. The molecular formula is C18H21N5O3. The number of pyridine rings is 1. The zero-order valence-corrected chi connectivity index (χ0v) is 14.5. The summed E-state index contributed by atoms with van der Waals surface area (Å²) in [7, 11) is 0. The van der Waals surface area contributed by atoms with Crippen LogP contribution in [0.3, 0.4) is 0 Å². The molecular weight excluding hydrogens is 334 g/mol. The van der Waals surface area contributed by atoms with E-state index in [4.69, 9.17) is 4.74 Å². The van der Waals surface area contributed by atoms with E-state index in [0.29, 0.717) is 31.1 Å². The molecule has 1 fully saturated rings. The number of carbonyl (C=O) groups is 2. The highest BCUT2D eigenvalue weighted by Gasteiger charge is 2.27. The van der Waals surface area contributed by atoms with Crippen LogP contribution < -0.4 is 4.74 Å². The molecule has 0 aliphatic carbocycles. The van der Waals surface area contributed by atoms with E-state index >= 15 is 0 Å². The van der Waals surface area contributed by atoms with Crippen LogP contribution in [0.4, 0.5) is 0 Å². The number of carbonyl (C=O) groups excluding carboxylic acids is 2. The van der Waals surface area contributed by atoms with Gasteiger partial charge in [-0.05, 0) is 31.0 Å². The van der Waals surface area contributed by atoms with Crippen molar-refractivity contribution in [1.82, 2.24) is 24.6 Å². The minimum atomic E-state index is -0.0891. The highest BCUT2D eigenvalue weighted by Crippen LogP contribution is 2.17. The Morgan fingerprint density at radius 3 is 2.73 bits per heavy atom. The van der Waals surface area contributed by atoms with Gasteiger partial charge in [0.1, 0.15) is 5.75 Å². The minimum absolute atomic E-state index is 0.0119. The van der Waals surface area contributed by atoms with Gasteiger partial charge in [0.05, 0.1) is 25.0 Å². The van der Waals surface area contributed by atoms with Crippen LogP contribution in [-0.2, 0) is 17.9 Å². The monoisotopic (exact) mass is 355 g/mol.